The number of anilines is 2. The van der Waals surface area contributed by atoms with E-state index in [4.69, 9.17) is 0 Å². The second-order valence-corrected chi connectivity index (χ2v) is 4.51. The summed E-state index contributed by atoms with van der Waals surface area (Å²) in [6, 6.07) is 8.13. The molecule has 0 saturated carbocycles. The molecule has 0 atom stereocenters. The van der Waals surface area contributed by atoms with Gasteiger partial charge in [-0.2, -0.15) is 5.10 Å². The fourth-order valence-electron chi connectivity index (χ4n) is 1.79. The molecule has 0 saturated heterocycles. The number of ketones is 1. The lowest BCUT2D eigenvalue weighted by Gasteiger charge is -2.07. The summed E-state index contributed by atoms with van der Waals surface area (Å²) in [5.41, 5.74) is 2.05. The molecule has 1 aromatic carbocycles. The van der Waals surface area contributed by atoms with E-state index in [-0.39, 0.29) is 11.8 Å². The average Bonchev–Trinajstić information content (AvgIpc) is 2.68. The largest absolute Gasteiger partial charge is 0.324 e. The molecule has 0 aliphatic rings. The van der Waals surface area contributed by atoms with Crippen LogP contribution in [0.1, 0.15) is 23.0 Å². The van der Waals surface area contributed by atoms with Crippen LogP contribution < -0.4 is 10.6 Å². The monoisotopic (exact) mass is 272 g/mol. The summed E-state index contributed by atoms with van der Waals surface area (Å²) >= 11 is 0. The Hall–Kier alpha value is -2.63. The number of amides is 2. The molecule has 20 heavy (non-hydrogen) atoms. The van der Waals surface area contributed by atoms with Gasteiger partial charge in [-0.15, -0.1) is 0 Å². The van der Waals surface area contributed by atoms with Gasteiger partial charge in [0.2, 0.25) is 0 Å². The summed E-state index contributed by atoms with van der Waals surface area (Å²) in [4.78, 5) is 23.0. The van der Waals surface area contributed by atoms with Crippen molar-refractivity contribution in [3.05, 3.63) is 41.6 Å². The van der Waals surface area contributed by atoms with E-state index in [1.165, 1.54) is 6.92 Å². The number of Topliss-reactive ketones (excluding diaryl/α,β-unsaturated/α-hetero) is 1. The standard InChI is InChI=1S/C14H16N4O2/c1-9-8-13(18(3)17-9)16-14(20)15-12-6-4-11(5-7-12)10(2)19/h4-8H,1-3H3,(H2,15,16,20). The molecule has 0 bridgehead atoms. The summed E-state index contributed by atoms with van der Waals surface area (Å²) in [6.45, 7) is 3.35. The lowest BCUT2D eigenvalue weighted by atomic mass is 10.1. The van der Waals surface area contributed by atoms with Crippen molar-refractivity contribution in [1.29, 1.82) is 0 Å². The Morgan fingerprint density at radius 3 is 2.30 bits per heavy atom. The van der Waals surface area contributed by atoms with Gasteiger partial charge in [0, 0.05) is 24.4 Å². The molecule has 2 rings (SSSR count). The Bertz CT molecular complexity index is 644. The second-order valence-electron chi connectivity index (χ2n) is 4.51. The van der Waals surface area contributed by atoms with Crippen LogP contribution in [0, 0.1) is 6.92 Å². The molecule has 104 valence electrons. The van der Waals surface area contributed by atoms with Crippen LogP contribution >= 0.6 is 0 Å². The maximum atomic E-state index is 11.8. The highest BCUT2D eigenvalue weighted by molar-refractivity contribution is 6.00. The number of carbonyl (C=O) groups is 2. The lowest BCUT2D eigenvalue weighted by Crippen LogP contribution is -2.21. The molecule has 0 aliphatic heterocycles. The van der Waals surface area contributed by atoms with Gasteiger partial charge in [-0.05, 0) is 38.1 Å². The van der Waals surface area contributed by atoms with Gasteiger partial charge in [0.15, 0.2) is 5.78 Å². The van der Waals surface area contributed by atoms with Crippen molar-refractivity contribution >= 4 is 23.3 Å². The highest BCUT2D eigenvalue weighted by Crippen LogP contribution is 2.12. The first-order valence-corrected chi connectivity index (χ1v) is 6.15. The number of hydrogen-bond donors (Lipinski definition) is 2. The molecule has 2 N–H and O–H groups in total. The highest BCUT2D eigenvalue weighted by Gasteiger charge is 2.07. The predicted octanol–water partition coefficient (Wildman–Crippen LogP) is 2.58. The third-order valence-electron chi connectivity index (χ3n) is 2.79. The minimum absolute atomic E-state index is 0.00800. The van der Waals surface area contributed by atoms with Crippen molar-refractivity contribution in [2.45, 2.75) is 13.8 Å². The zero-order chi connectivity index (χ0) is 14.7. The summed E-state index contributed by atoms with van der Waals surface area (Å²) in [5, 5.41) is 9.53. The molecule has 0 radical (unpaired) electrons. The van der Waals surface area contributed by atoms with Crippen LogP contribution in [0.4, 0.5) is 16.3 Å². The van der Waals surface area contributed by atoms with Crippen molar-refractivity contribution in [2.24, 2.45) is 7.05 Å². The van der Waals surface area contributed by atoms with Gasteiger partial charge in [-0.3, -0.25) is 14.8 Å². The third kappa shape index (κ3) is 3.23. The zero-order valence-electron chi connectivity index (χ0n) is 11.6. The van der Waals surface area contributed by atoms with E-state index in [1.54, 1.807) is 42.1 Å². The van der Waals surface area contributed by atoms with Crippen LogP contribution in [-0.2, 0) is 7.05 Å². The van der Waals surface area contributed by atoms with E-state index in [0.29, 0.717) is 17.1 Å². The van der Waals surface area contributed by atoms with E-state index in [1.807, 2.05) is 6.92 Å². The van der Waals surface area contributed by atoms with Gasteiger partial charge in [0.05, 0.1) is 5.69 Å². The van der Waals surface area contributed by atoms with Crippen molar-refractivity contribution in [1.82, 2.24) is 9.78 Å². The highest BCUT2D eigenvalue weighted by atomic mass is 16.2. The van der Waals surface area contributed by atoms with Crippen LogP contribution in [0.5, 0.6) is 0 Å². The Morgan fingerprint density at radius 2 is 1.80 bits per heavy atom. The van der Waals surface area contributed by atoms with Gasteiger partial charge in [0.25, 0.3) is 0 Å². The van der Waals surface area contributed by atoms with Crippen molar-refractivity contribution < 1.29 is 9.59 Å². The minimum atomic E-state index is -0.358. The smallest absolute Gasteiger partial charge is 0.308 e. The molecule has 0 unspecified atom stereocenters. The van der Waals surface area contributed by atoms with Crippen LogP contribution in [0.25, 0.3) is 0 Å². The van der Waals surface area contributed by atoms with Gasteiger partial charge >= 0.3 is 6.03 Å². The molecular weight excluding hydrogens is 256 g/mol. The van der Waals surface area contributed by atoms with Crippen LogP contribution in [0.2, 0.25) is 0 Å². The van der Waals surface area contributed by atoms with Crippen LogP contribution in [-0.4, -0.2) is 21.6 Å². The Morgan fingerprint density at radius 1 is 1.15 bits per heavy atom. The summed E-state index contributed by atoms with van der Waals surface area (Å²) in [7, 11) is 1.75. The molecule has 1 aromatic heterocycles. The normalized spacial score (nSPS) is 10.2. The Balaban J connectivity index is 2.01. The number of nitrogens with zero attached hydrogens (tertiary/aromatic N) is 2. The number of hydrogen-bond acceptors (Lipinski definition) is 3. The van der Waals surface area contributed by atoms with E-state index in [9.17, 15) is 9.59 Å². The average molecular weight is 272 g/mol. The molecule has 6 heteroatoms. The second kappa shape index (κ2) is 5.56. The predicted molar refractivity (Wildman–Crippen MR) is 77.0 cm³/mol. The first-order chi connectivity index (χ1) is 9.45. The quantitative estimate of drug-likeness (QED) is 0.843. The topological polar surface area (TPSA) is 76.0 Å². The Kier molecular flexibility index (Phi) is 3.84. The zero-order valence-corrected chi connectivity index (χ0v) is 11.6. The molecule has 0 aliphatic carbocycles. The number of carbonyl (C=O) groups excluding carboxylic acids is 2. The minimum Gasteiger partial charge on any atom is -0.308 e. The number of aryl methyl sites for hydroxylation is 2. The number of nitrogens with one attached hydrogen (secondary N) is 2. The van der Waals surface area contributed by atoms with Crippen molar-refractivity contribution in [3.8, 4) is 0 Å². The van der Waals surface area contributed by atoms with Crippen LogP contribution in [0.15, 0.2) is 30.3 Å². The maximum Gasteiger partial charge on any atom is 0.324 e. The fraction of sp³-hybridized carbons (Fsp3) is 0.214. The van der Waals surface area contributed by atoms with E-state index in [2.05, 4.69) is 15.7 Å². The van der Waals surface area contributed by atoms with Crippen LogP contribution in [0.3, 0.4) is 0 Å². The Labute approximate surface area is 116 Å². The molecule has 1 heterocycles. The first kappa shape index (κ1) is 13.8. The van der Waals surface area contributed by atoms with E-state index < -0.39 is 0 Å². The van der Waals surface area contributed by atoms with Gasteiger partial charge in [-0.1, -0.05) is 0 Å². The number of benzene rings is 1. The summed E-state index contributed by atoms with van der Waals surface area (Å²) < 4.78 is 1.59. The summed E-state index contributed by atoms with van der Waals surface area (Å²) in [6.07, 6.45) is 0. The molecule has 0 spiro atoms. The molecular formula is C14H16N4O2. The van der Waals surface area contributed by atoms with E-state index in [0.717, 1.165) is 5.69 Å². The number of rotatable bonds is 3. The van der Waals surface area contributed by atoms with E-state index >= 15 is 0 Å². The fourth-order valence-corrected chi connectivity index (χ4v) is 1.79. The third-order valence-corrected chi connectivity index (χ3v) is 2.79. The number of urea groups is 1. The lowest BCUT2D eigenvalue weighted by molar-refractivity contribution is 0.101. The number of aromatic nitrogens is 2. The SMILES string of the molecule is CC(=O)c1ccc(NC(=O)Nc2cc(C)nn2C)cc1. The van der Waals surface area contributed by atoms with Gasteiger partial charge < -0.3 is 5.32 Å². The van der Waals surface area contributed by atoms with Crippen molar-refractivity contribution in [3.63, 3.8) is 0 Å². The molecule has 2 amide bonds. The molecule has 0 fully saturated rings. The van der Waals surface area contributed by atoms with Gasteiger partial charge in [0.1, 0.15) is 5.82 Å². The molecule has 2 aromatic rings. The first-order valence-electron chi connectivity index (χ1n) is 6.15. The van der Waals surface area contributed by atoms with Crippen molar-refractivity contribution in [2.75, 3.05) is 10.6 Å². The maximum absolute atomic E-state index is 11.8. The molecule has 6 nitrogen and oxygen atoms in total. The summed E-state index contributed by atoms with van der Waals surface area (Å²) in [5.74, 6) is 0.603. The van der Waals surface area contributed by atoms with Gasteiger partial charge in [-0.25, -0.2) is 4.79 Å².